The molecule has 2 bridgehead atoms. The SMILES string of the molecule is O=S1(=O)C[C@H]2CN(Cc3ccccc3)C[C@H](C1)C2(F)F. The van der Waals surface area contributed by atoms with Crippen LogP contribution in [-0.2, 0) is 16.4 Å². The fourth-order valence-corrected chi connectivity index (χ4v) is 5.27. The number of alkyl halides is 2. The summed E-state index contributed by atoms with van der Waals surface area (Å²) in [5.74, 6) is -5.75. The van der Waals surface area contributed by atoms with Gasteiger partial charge in [0, 0.05) is 31.5 Å². The lowest BCUT2D eigenvalue weighted by molar-refractivity contribution is -0.142. The third-order valence-corrected chi connectivity index (χ3v) is 6.03. The van der Waals surface area contributed by atoms with Crippen LogP contribution in [0.15, 0.2) is 30.3 Å². The van der Waals surface area contributed by atoms with E-state index in [1.54, 1.807) is 0 Å². The fourth-order valence-electron chi connectivity index (χ4n) is 3.25. The Kier molecular flexibility index (Phi) is 3.33. The Bertz CT molecular complexity index is 564. The third kappa shape index (κ3) is 2.59. The molecule has 2 atom stereocenters. The molecular formula is C14H17F2NO2S. The Morgan fingerprint density at radius 2 is 1.65 bits per heavy atom. The van der Waals surface area contributed by atoms with Crippen molar-refractivity contribution in [3.63, 3.8) is 0 Å². The number of hydrogen-bond acceptors (Lipinski definition) is 3. The van der Waals surface area contributed by atoms with Crippen molar-refractivity contribution in [1.29, 1.82) is 0 Å². The molecule has 0 saturated carbocycles. The van der Waals surface area contributed by atoms with E-state index in [0.29, 0.717) is 6.54 Å². The summed E-state index contributed by atoms with van der Waals surface area (Å²) in [7, 11) is -3.32. The lowest BCUT2D eigenvalue weighted by Crippen LogP contribution is -2.60. The van der Waals surface area contributed by atoms with Crippen LogP contribution in [0.2, 0.25) is 0 Å². The highest BCUT2D eigenvalue weighted by molar-refractivity contribution is 7.91. The van der Waals surface area contributed by atoms with Gasteiger partial charge < -0.3 is 0 Å². The number of rotatable bonds is 2. The van der Waals surface area contributed by atoms with Gasteiger partial charge in [-0.3, -0.25) is 4.90 Å². The molecule has 6 heteroatoms. The highest BCUT2D eigenvalue weighted by Crippen LogP contribution is 2.43. The second kappa shape index (κ2) is 4.77. The van der Waals surface area contributed by atoms with Gasteiger partial charge in [0.05, 0.1) is 11.5 Å². The molecule has 0 radical (unpaired) electrons. The van der Waals surface area contributed by atoms with E-state index in [1.165, 1.54) is 0 Å². The van der Waals surface area contributed by atoms with E-state index in [4.69, 9.17) is 0 Å². The van der Waals surface area contributed by atoms with Gasteiger partial charge in [-0.15, -0.1) is 0 Å². The maximum absolute atomic E-state index is 14.1. The number of sulfone groups is 1. The molecule has 0 unspecified atom stereocenters. The van der Waals surface area contributed by atoms with Crippen LogP contribution >= 0.6 is 0 Å². The quantitative estimate of drug-likeness (QED) is 0.836. The number of halogens is 2. The maximum Gasteiger partial charge on any atom is 0.258 e. The van der Waals surface area contributed by atoms with E-state index in [2.05, 4.69) is 0 Å². The number of piperidine rings is 1. The van der Waals surface area contributed by atoms with E-state index in [9.17, 15) is 17.2 Å². The Morgan fingerprint density at radius 1 is 1.10 bits per heavy atom. The van der Waals surface area contributed by atoms with Crippen LogP contribution in [0.3, 0.4) is 0 Å². The van der Waals surface area contributed by atoms with E-state index < -0.39 is 27.6 Å². The van der Waals surface area contributed by atoms with Gasteiger partial charge in [0.15, 0.2) is 9.84 Å². The average molecular weight is 301 g/mol. The largest absolute Gasteiger partial charge is 0.298 e. The lowest BCUT2D eigenvalue weighted by atomic mass is 9.86. The summed E-state index contributed by atoms with van der Waals surface area (Å²) in [5.41, 5.74) is 1.07. The molecule has 0 N–H and O–H groups in total. The predicted octanol–water partition coefficient (Wildman–Crippen LogP) is 1.80. The highest BCUT2D eigenvalue weighted by Gasteiger charge is 2.57. The summed E-state index contributed by atoms with van der Waals surface area (Å²) in [5, 5.41) is 0. The first-order chi connectivity index (χ1) is 9.37. The monoisotopic (exact) mass is 301 g/mol. The van der Waals surface area contributed by atoms with Crippen molar-refractivity contribution in [2.75, 3.05) is 24.6 Å². The first-order valence-corrected chi connectivity index (χ1v) is 8.53. The third-order valence-electron chi connectivity index (χ3n) is 4.21. The molecule has 0 spiro atoms. The summed E-state index contributed by atoms with van der Waals surface area (Å²) >= 11 is 0. The van der Waals surface area contributed by atoms with Gasteiger partial charge in [-0.1, -0.05) is 30.3 Å². The van der Waals surface area contributed by atoms with Crippen molar-refractivity contribution in [2.24, 2.45) is 11.8 Å². The van der Waals surface area contributed by atoms with Crippen LogP contribution in [0.25, 0.3) is 0 Å². The fraction of sp³-hybridized carbons (Fsp3) is 0.571. The van der Waals surface area contributed by atoms with Crippen LogP contribution in [-0.4, -0.2) is 43.8 Å². The molecular weight excluding hydrogens is 284 g/mol. The van der Waals surface area contributed by atoms with Gasteiger partial charge in [-0.05, 0) is 5.56 Å². The lowest BCUT2D eigenvalue weighted by Gasteiger charge is -2.46. The van der Waals surface area contributed by atoms with E-state index in [-0.39, 0.29) is 24.6 Å². The Balaban J connectivity index is 1.77. The minimum Gasteiger partial charge on any atom is -0.298 e. The van der Waals surface area contributed by atoms with E-state index >= 15 is 0 Å². The first-order valence-electron chi connectivity index (χ1n) is 6.71. The molecule has 3 nitrogen and oxygen atoms in total. The molecule has 110 valence electrons. The second-order valence-corrected chi connectivity index (χ2v) is 7.98. The smallest absolute Gasteiger partial charge is 0.258 e. The van der Waals surface area contributed by atoms with Crippen LogP contribution in [0.1, 0.15) is 5.56 Å². The standard InChI is InChI=1S/C14H17F2NO2S/c15-14(16)12-7-17(6-11-4-2-1-3-5-11)8-13(14)10-20(18,19)9-12/h1-5,12-13H,6-10H2/t12-,13-/m1/s1. The Labute approximate surface area is 117 Å². The Hall–Kier alpha value is -1.01. The van der Waals surface area contributed by atoms with Gasteiger partial charge in [0.2, 0.25) is 0 Å². The summed E-state index contributed by atoms with van der Waals surface area (Å²) < 4.78 is 51.5. The maximum atomic E-state index is 14.1. The molecule has 3 rings (SSSR count). The molecule has 1 aromatic carbocycles. The highest BCUT2D eigenvalue weighted by atomic mass is 32.2. The number of benzene rings is 1. The molecule has 0 aromatic heterocycles. The van der Waals surface area contributed by atoms with Crippen LogP contribution in [0, 0.1) is 11.8 Å². The number of nitrogens with zero attached hydrogens (tertiary/aromatic N) is 1. The molecule has 20 heavy (non-hydrogen) atoms. The van der Waals surface area contributed by atoms with Crippen molar-refractivity contribution in [2.45, 2.75) is 12.5 Å². The Morgan fingerprint density at radius 3 is 2.20 bits per heavy atom. The van der Waals surface area contributed by atoms with Crippen LogP contribution < -0.4 is 0 Å². The average Bonchev–Trinajstić information content (AvgIpc) is 2.34. The molecule has 2 fully saturated rings. The molecule has 2 saturated heterocycles. The normalized spacial score (nSPS) is 31.9. The summed E-state index contributed by atoms with van der Waals surface area (Å²) in [4.78, 5) is 1.96. The van der Waals surface area contributed by atoms with Gasteiger partial charge >= 0.3 is 0 Å². The van der Waals surface area contributed by atoms with Gasteiger partial charge in [-0.25, -0.2) is 17.2 Å². The minimum absolute atomic E-state index is 0.150. The van der Waals surface area contributed by atoms with Crippen molar-refractivity contribution in [3.8, 4) is 0 Å². The predicted molar refractivity (Wildman–Crippen MR) is 72.3 cm³/mol. The first kappa shape index (κ1) is 13.9. The molecule has 2 aliphatic heterocycles. The van der Waals surface area contributed by atoms with Crippen LogP contribution in [0.4, 0.5) is 8.78 Å². The second-order valence-electron chi connectivity index (χ2n) is 5.82. The number of likely N-dealkylation sites (tertiary alicyclic amines) is 1. The molecule has 2 heterocycles. The van der Waals surface area contributed by atoms with Crippen molar-refractivity contribution >= 4 is 9.84 Å². The van der Waals surface area contributed by atoms with E-state index in [0.717, 1.165) is 5.56 Å². The summed E-state index contributed by atoms with van der Waals surface area (Å²) in [6.07, 6.45) is 0. The van der Waals surface area contributed by atoms with Crippen LogP contribution in [0.5, 0.6) is 0 Å². The van der Waals surface area contributed by atoms with Crippen molar-refractivity contribution in [1.82, 2.24) is 4.90 Å². The topological polar surface area (TPSA) is 37.4 Å². The van der Waals surface area contributed by atoms with Gasteiger partial charge in [0.25, 0.3) is 5.92 Å². The van der Waals surface area contributed by atoms with Crippen molar-refractivity contribution in [3.05, 3.63) is 35.9 Å². The number of hydrogen-bond donors (Lipinski definition) is 0. The molecule has 2 aliphatic rings. The molecule has 0 amide bonds. The summed E-state index contributed by atoms with van der Waals surface area (Å²) in [6, 6.07) is 9.66. The zero-order valence-electron chi connectivity index (χ0n) is 11.0. The van der Waals surface area contributed by atoms with E-state index in [1.807, 2.05) is 35.2 Å². The zero-order valence-corrected chi connectivity index (χ0v) is 11.8. The zero-order chi connectivity index (χ0) is 14.4. The molecule has 1 aromatic rings. The van der Waals surface area contributed by atoms with Gasteiger partial charge in [0.1, 0.15) is 0 Å². The molecule has 0 aliphatic carbocycles. The summed E-state index contributed by atoms with van der Waals surface area (Å²) in [6.45, 7) is 0.902. The number of fused-ring (bicyclic) bond motifs is 2. The minimum atomic E-state index is -3.32. The van der Waals surface area contributed by atoms with Crippen molar-refractivity contribution < 1.29 is 17.2 Å². The van der Waals surface area contributed by atoms with Gasteiger partial charge in [-0.2, -0.15) is 0 Å².